The number of para-hydroxylation sites is 1. The number of benzene rings is 1. The predicted octanol–water partition coefficient (Wildman–Crippen LogP) is 3.23. The van der Waals surface area contributed by atoms with Crippen molar-refractivity contribution in [3.8, 4) is 11.6 Å². The van der Waals surface area contributed by atoms with Crippen LogP contribution in [0.2, 0.25) is 0 Å². The van der Waals surface area contributed by atoms with Crippen LogP contribution in [0.1, 0.15) is 18.2 Å². The van der Waals surface area contributed by atoms with Gasteiger partial charge in [-0.25, -0.2) is 4.98 Å². The van der Waals surface area contributed by atoms with Gasteiger partial charge in [0.05, 0.1) is 12.8 Å². The fourth-order valence-electron chi connectivity index (χ4n) is 1.74. The van der Waals surface area contributed by atoms with Crippen molar-refractivity contribution >= 4 is 0 Å². The van der Waals surface area contributed by atoms with E-state index in [9.17, 15) is 0 Å². The molecule has 1 aromatic carbocycles. The molecule has 0 amide bonds. The molecule has 2 rings (SSSR count). The summed E-state index contributed by atoms with van der Waals surface area (Å²) in [4.78, 5) is 4.31. The molecule has 0 radical (unpaired) electrons. The molecule has 2 aromatic rings. The minimum Gasteiger partial charge on any atom is -0.487 e. The monoisotopic (exact) mass is 243 g/mol. The molecular weight excluding hydrogens is 226 g/mol. The summed E-state index contributed by atoms with van der Waals surface area (Å²) < 4.78 is 10.9. The van der Waals surface area contributed by atoms with E-state index >= 15 is 0 Å². The number of hydrogen-bond acceptors (Lipinski definition) is 3. The summed E-state index contributed by atoms with van der Waals surface area (Å²) in [7, 11) is 1.61. The summed E-state index contributed by atoms with van der Waals surface area (Å²) in [5.74, 6) is 1.53. The molecular formula is C15H17NO2. The van der Waals surface area contributed by atoms with Crippen LogP contribution >= 0.6 is 0 Å². The van der Waals surface area contributed by atoms with Gasteiger partial charge in [-0.3, -0.25) is 0 Å². The van der Waals surface area contributed by atoms with Gasteiger partial charge in [0.2, 0.25) is 5.88 Å². The van der Waals surface area contributed by atoms with Gasteiger partial charge in [-0.15, -0.1) is 0 Å². The van der Waals surface area contributed by atoms with Crippen LogP contribution in [-0.4, -0.2) is 12.1 Å². The van der Waals surface area contributed by atoms with Crippen LogP contribution in [0.3, 0.4) is 0 Å². The van der Waals surface area contributed by atoms with Crippen LogP contribution in [0.25, 0.3) is 0 Å². The molecule has 0 saturated carbocycles. The molecule has 0 bridgehead atoms. The Morgan fingerprint density at radius 3 is 2.67 bits per heavy atom. The first-order valence-electron chi connectivity index (χ1n) is 6.04. The first-order valence-corrected chi connectivity index (χ1v) is 6.04. The molecule has 18 heavy (non-hydrogen) atoms. The maximum atomic E-state index is 5.80. The van der Waals surface area contributed by atoms with E-state index in [1.165, 1.54) is 5.56 Å². The van der Waals surface area contributed by atoms with Gasteiger partial charge in [0.15, 0.2) is 0 Å². The van der Waals surface area contributed by atoms with Gasteiger partial charge >= 0.3 is 0 Å². The molecule has 0 aliphatic rings. The van der Waals surface area contributed by atoms with Gasteiger partial charge in [-0.05, 0) is 24.1 Å². The summed E-state index contributed by atoms with van der Waals surface area (Å²) in [6.45, 7) is 2.57. The van der Waals surface area contributed by atoms with E-state index in [2.05, 4.69) is 18.0 Å². The third-order valence-electron chi connectivity index (χ3n) is 2.72. The second kappa shape index (κ2) is 6.05. The summed E-state index contributed by atoms with van der Waals surface area (Å²) in [6, 6.07) is 13.7. The minimum atomic E-state index is 0.453. The van der Waals surface area contributed by atoms with Crippen LogP contribution in [0.4, 0.5) is 0 Å². The summed E-state index contributed by atoms with van der Waals surface area (Å²) in [5.41, 5.74) is 2.07. The molecule has 0 atom stereocenters. The van der Waals surface area contributed by atoms with Crippen LogP contribution in [0, 0.1) is 0 Å². The number of nitrogens with zero attached hydrogens (tertiary/aromatic N) is 1. The number of hydrogen-bond donors (Lipinski definition) is 0. The summed E-state index contributed by atoms with van der Waals surface area (Å²) >= 11 is 0. The topological polar surface area (TPSA) is 31.4 Å². The van der Waals surface area contributed by atoms with Crippen molar-refractivity contribution in [2.24, 2.45) is 0 Å². The lowest BCUT2D eigenvalue weighted by molar-refractivity contribution is 0.295. The van der Waals surface area contributed by atoms with Crippen molar-refractivity contribution in [2.75, 3.05) is 7.11 Å². The van der Waals surface area contributed by atoms with Crippen LogP contribution < -0.4 is 9.47 Å². The van der Waals surface area contributed by atoms with Gasteiger partial charge in [0, 0.05) is 6.07 Å². The zero-order chi connectivity index (χ0) is 12.8. The van der Waals surface area contributed by atoms with Gasteiger partial charge < -0.3 is 9.47 Å². The van der Waals surface area contributed by atoms with Crippen molar-refractivity contribution in [3.63, 3.8) is 0 Å². The fourth-order valence-corrected chi connectivity index (χ4v) is 1.74. The third kappa shape index (κ3) is 3.00. The molecule has 0 spiro atoms. The maximum Gasteiger partial charge on any atom is 0.213 e. The highest BCUT2D eigenvalue weighted by molar-refractivity contribution is 5.33. The molecule has 0 aliphatic carbocycles. The van der Waals surface area contributed by atoms with Crippen molar-refractivity contribution in [1.82, 2.24) is 4.98 Å². The SMILES string of the molecule is CCc1ccccc1OCc1cccc(OC)n1. The average Bonchev–Trinajstić information content (AvgIpc) is 2.45. The molecule has 94 valence electrons. The predicted molar refractivity (Wildman–Crippen MR) is 70.9 cm³/mol. The highest BCUT2D eigenvalue weighted by Gasteiger charge is 2.02. The first kappa shape index (κ1) is 12.4. The highest BCUT2D eigenvalue weighted by atomic mass is 16.5. The van der Waals surface area contributed by atoms with E-state index < -0.39 is 0 Å². The van der Waals surface area contributed by atoms with Crippen LogP contribution in [0.15, 0.2) is 42.5 Å². The van der Waals surface area contributed by atoms with Gasteiger partial charge in [-0.1, -0.05) is 31.2 Å². The minimum absolute atomic E-state index is 0.453. The number of methoxy groups -OCH3 is 1. The summed E-state index contributed by atoms with van der Waals surface area (Å²) in [6.07, 6.45) is 0.960. The second-order valence-electron chi connectivity index (χ2n) is 3.92. The molecule has 1 aromatic heterocycles. The lowest BCUT2D eigenvalue weighted by Gasteiger charge is -2.10. The van der Waals surface area contributed by atoms with Crippen molar-refractivity contribution < 1.29 is 9.47 Å². The van der Waals surface area contributed by atoms with E-state index in [1.54, 1.807) is 7.11 Å². The number of aryl methyl sites for hydroxylation is 1. The number of rotatable bonds is 5. The van der Waals surface area contributed by atoms with Gasteiger partial charge in [0.1, 0.15) is 12.4 Å². The molecule has 0 aliphatic heterocycles. The molecule has 0 fully saturated rings. The Morgan fingerprint density at radius 2 is 1.89 bits per heavy atom. The molecule has 0 N–H and O–H groups in total. The van der Waals surface area contributed by atoms with E-state index in [-0.39, 0.29) is 0 Å². The Morgan fingerprint density at radius 1 is 1.06 bits per heavy atom. The Bertz CT molecular complexity index is 511. The molecule has 3 nitrogen and oxygen atoms in total. The standard InChI is InChI=1S/C15H17NO2/c1-3-12-7-4-5-9-14(12)18-11-13-8-6-10-15(16-13)17-2/h4-10H,3,11H2,1-2H3. The van der Waals surface area contributed by atoms with Gasteiger partial charge in [0.25, 0.3) is 0 Å². The average molecular weight is 243 g/mol. The largest absolute Gasteiger partial charge is 0.487 e. The van der Waals surface area contributed by atoms with Crippen molar-refractivity contribution in [2.45, 2.75) is 20.0 Å². The zero-order valence-corrected chi connectivity index (χ0v) is 10.7. The Balaban J connectivity index is 2.06. The molecule has 1 heterocycles. The smallest absolute Gasteiger partial charge is 0.213 e. The first-order chi connectivity index (χ1) is 8.83. The highest BCUT2D eigenvalue weighted by Crippen LogP contribution is 2.19. The number of pyridine rings is 1. The lowest BCUT2D eigenvalue weighted by atomic mass is 10.1. The Hall–Kier alpha value is -2.03. The van der Waals surface area contributed by atoms with Crippen LogP contribution in [0.5, 0.6) is 11.6 Å². The molecule has 3 heteroatoms. The van der Waals surface area contributed by atoms with E-state index in [0.29, 0.717) is 12.5 Å². The maximum absolute atomic E-state index is 5.80. The number of aromatic nitrogens is 1. The quantitative estimate of drug-likeness (QED) is 0.808. The molecule has 0 saturated heterocycles. The van der Waals surface area contributed by atoms with E-state index in [4.69, 9.17) is 9.47 Å². The normalized spacial score (nSPS) is 10.1. The fraction of sp³-hybridized carbons (Fsp3) is 0.267. The van der Waals surface area contributed by atoms with Crippen molar-refractivity contribution in [3.05, 3.63) is 53.7 Å². The van der Waals surface area contributed by atoms with Crippen LogP contribution in [-0.2, 0) is 13.0 Å². The zero-order valence-electron chi connectivity index (χ0n) is 10.7. The van der Waals surface area contributed by atoms with E-state index in [1.807, 2.05) is 36.4 Å². The summed E-state index contributed by atoms with van der Waals surface area (Å²) in [5, 5.41) is 0. The second-order valence-corrected chi connectivity index (χ2v) is 3.92. The Labute approximate surface area is 107 Å². The van der Waals surface area contributed by atoms with Crippen molar-refractivity contribution in [1.29, 1.82) is 0 Å². The van der Waals surface area contributed by atoms with E-state index in [0.717, 1.165) is 17.9 Å². The lowest BCUT2D eigenvalue weighted by Crippen LogP contribution is -2.01. The Kier molecular flexibility index (Phi) is 4.18. The molecule has 0 unspecified atom stereocenters. The third-order valence-corrected chi connectivity index (χ3v) is 2.72. The number of ether oxygens (including phenoxy) is 2. The van der Waals surface area contributed by atoms with Gasteiger partial charge in [-0.2, -0.15) is 0 Å².